The molecule has 1 saturated heterocycles. The Morgan fingerprint density at radius 3 is 2.65 bits per heavy atom. The Hall–Kier alpha value is -2.47. The third-order valence-corrected chi connectivity index (χ3v) is 5.48. The summed E-state index contributed by atoms with van der Waals surface area (Å²) < 4.78 is 0. The largest absolute Gasteiger partial charge is 0.356 e. The summed E-state index contributed by atoms with van der Waals surface area (Å²) in [4.78, 5) is 7.18. The average molecular weight is 366 g/mol. The molecule has 5 nitrogen and oxygen atoms in total. The molecule has 0 unspecified atom stereocenters. The van der Waals surface area contributed by atoms with Crippen LogP contribution in [0.4, 0.5) is 10.9 Å². The fraction of sp³-hybridized carbons (Fsp3) is 0.350. The first-order valence-electron chi connectivity index (χ1n) is 9.09. The van der Waals surface area contributed by atoms with Crippen molar-refractivity contribution < 1.29 is 0 Å². The number of aryl methyl sites for hydroxylation is 1. The second-order valence-corrected chi connectivity index (χ2v) is 7.71. The van der Waals surface area contributed by atoms with E-state index < -0.39 is 0 Å². The smallest absolute Gasteiger partial charge is 0.205 e. The van der Waals surface area contributed by atoms with Gasteiger partial charge in [-0.2, -0.15) is 0 Å². The van der Waals surface area contributed by atoms with Crippen LogP contribution >= 0.6 is 11.3 Å². The quantitative estimate of drug-likeness (QED) is 0.714. The van der Waals surface area contributed by atoms with E-state index in [0.717, 1.165) is 47.7 Å². The zero-order valence-corrected chi connectivity index (χ0v) is 15.8. The first kappa shape index (κ1) is 17.0. The van der Waals surface area contributed by atoms with Crippen LogP contribution in [0.1, 0.15) is 34.7 Å². The number of nitrogens with one attached hydrogen (secondary N) is 1. The van der Waals surface area contributed by atoms with Crippen molar-refractivity contribution in [3.05, 3.63) is 64.3 Å². The predicted octanol–water partition coefficient (Wildman–Crippen LogP) is 4.04. The first-order chi connectivity index (χ1) is 12.8. The Balaban J connectivity index is 1.43. The van der Waals surface area contributed by atoms with Gasteiger partial charge in [-0.05, 0) is 31.4 Å². The van der Waals surface area contributed by atoms with Crippen LogP contribution in [0.2, 0.25) is 0 Å². The maximum atomic E-state index is 4.78. The maximum absolute atomic E-state index is 4.78. The lowest BCUT2D eigenvalue weighted by molar-refractivity contribution is 0.905. The molecule has 6 heteroatoms. The zero-order valence-electron chi connectivity index (χ0n) is 15.0. The van der Waals surface area contributed by atoms with Gasteiger partial charge < -0.3 is 10.2 Å². The highest BCUT2D eigenvalue weighted by Gasteiger charge is 2.17. The fourth-order valence-electron chi connectivity index (χ4n) is 3.25. The molecule has 26 heavy (non-hydrogen) atoms. The molecule has 2 aromatic heterocycles. The molecule has 3 heterocycles. The van der Waals surface area contributed by atoms with Crippen molar-refractivity contribution in [2.45, 2.75) is 32.7 Å². The van der Waals surface area contributed by atoms with Gasteiger partial charge in [-0.3, -0.25) is 0 Å². The van der Waals surface area contributed by atoms with Crippen LogP contribution in [0.3, 0.4) is 0 Å². The number of rotatable bonds is 6. The molecule has 0 atom stereocenters. The summed E-state index contributed by atoms with van der Waals surface area (Å²) >= 11 is 1.62. The Bertz CT molecular complexity index is 856. The Labute approximate surface area is 158 Å². The molecule has 0 saturated carbocycles. The third kappa shape index (κ3) is 4.02. The summed E-state index contributed by atoms with van der Waals surface area (Å²) in [5, 5.41) is 13.9. The zero-order chi connectivity index (χ0) is 17.8. The molecular formula is C20H23N5S. The van der Waals surface area contributed by atoms with E-state index >= 15 is 0 Å². The van der Waals surface area contributed by atoms with E-state index in [0.29, 0.717) is 0 Å². The Kier molecular flexibility index (Phi) is 5.11. The van der Waals surface area contributed by atoms with Crippen molar-refractivity contribution in [2.24, 2.45) is 0 Å². The predicted molar refractivity (Wildman–Crippen MR) is 107 cm³/mol. The average Bonchev–Trinajstić information content (AvgIpc) is 3.33. The van der Waals surface area contributed by atoms with Crippen LogP contribution in [0.15, 0.2) is 42.5 Å². The summed E-state index contributed by atoms with van der Waals surface area (Å²) in [6, 6.07) is 14.6. The summed E-state index contributed by atoms with van der Waals surface area (Å²) in [5.41, 5.74) is 3.54. The molecule has 0 radical (unpaired) electrons. The molecule has 1 fully saturated rings. The third-order valence-electron chi connectivity index (χ3n) is 4.60. The van der Waals surface area contributed by atoms with Crippen molar-refractivity contribution in [1.82, 2.24) is 15.2 Å². The van der Waals surface area contributed by atoms with Gasteiger partial charge in [-0.25, -0.2) is 4.98 Å². The van der Waals surface area contributed by atoms with Crippen molar-refractivity contribution >= 4 is 22.3 Å². The lowest BCUT2D eigenvalue weighted by atomic mass is 10.2. The van der Waals surface area contributed by atoms with Crippen molar-refractivity contribution in [3.63, 3.8) is 0 Å². The molecule has 4 rings (SSSR count). The Morgan fingerprint density at radius 2 is 1.85 bits per heavy atom. The first-order valence-corrected chi connectivity index (χ1v) is 9.91. The van der Waals surface area contributed by atoms with Crippen molar-refractivity contribution in [1.29, 1.82) is 0 Å². The van der Waals surface area contributed by atoms with Gasteiger partial charge in [-0.15, -0.1) is 10.2 Å². The van der Waals surface area contributed by atoms with Gasteiger partial charge in [0.15, 0.2) is 0 Å². The van der Waals surface area contributed by atoms with E-state index in [-0.39, 0.29) is 0 Å². The number of anilines is 2. The minimum atomic E-state index is 0.721. The number of hydrogen-bond acceptors (Lipinski definition) is 6. The molecule has 0 bridgehead atoms. The van der Waals surface area contributed by atoms with E-state index in [1.165, 1.54) is 24.0 Å². The summed E-state index contributed by atoms with van der Waals surface area (Å²) in [6.07, 6.45) is 3.33. The number of aromatic nitrogens is 3. The molecular weight excluding hydrogens is 342 g/mol. The minimum Gasteiger partial charge on any atom is -0.356 e. The minimum absolute atomic E-state index is 0.721. The van der Waals surface area contributed by atoms with Crippen LogP contribution in [0.5, 0.6) is 0 Å². The van der Waals surface area contributed by atoms with Gasteiger partial charge in [-0.1, -0.05) is 47.7 Å². The van der Waals surface area contributed by atoms with Crippen LogP contribution < -0.4 is 10.2 Å². The topological polar surface area (TPSA) is 53.9 Å². The molecule has 0 amide bonds. The van der Waals surface area contributed by atoms with E-state index in [2.05, 4.69) is 63.7 Å². The van der Waals surface area contributed by atoms with Gasteiger partial charge >= 0.3 is 0 Å². The molecule has 1 aliphatic rings. The lowest BCUT2D eigenvalue weighted by Crippen LogP contribution is -2.21. The molecule has 134 valence electrons. The van der Waals surface area contributed by atoms with Gasteiger partial charge in [0, 0.05) is 37.3 Å². The highest BCUT2D eigenvalue weighted by atomic mass is 32.1. The van der Waals surface area contributed by atoms with Gasteiger partial charge in [0.25, 0.3) is 0 Å². The number of pyridine rings is 1. The van der Waals surface area contributed by atoms with Crippen LogP contribution in [0.25, 0.3) is 0 Å². The number of benzene rings is 1. The van der Waals surface area contributed by atoms with E-state index in [1.54, 1.807) is 11.3 Å². The number of hydrogen-bond donors (Lipinski definition) is 1. The molecule has 1 aromatic carbocycles. The van der Waals surface area contributed by atoms with Gasteiger partial charge in [0.1, 0.15) is 10.8 Å². The second-order valence-electron chi connectivity index (χ2n) is 6.65. The van der Waals surface area contributed by atoms with E-state index in [1.807, 2.05) is 6.07 Å². The highest BCUT2D eigenvalue weighted by Crippen LogP contribution is 2.25. The van der Waals surface area contributed by atoms with Crippen LogP contribution in [-0.2, 0) is 13.0 Å². The summed E-state index contributed by atoms with van der Waals surface area (Å²) in [5.74, 6) is 1.11. The van der Waals surface area contributed by atoms with Crippen LogP contribution in [0, 0.1) is 6.92 Å². The fourth-order valence-corrected chi connectivity index (χ4v) is 4.02. The van der Waals surface area contributed by atoms with Crippen LogP contribution in [-0.4, -0.2) is 28.3 Å². The summed E-state index contributed by atoms with van der Waals surface area (Å²) in [6.45, 7) is 4.98. The SMILES string of the molecule is Cc1ccc(CNc2nnc(Cc3ccccc3)s2)c(N2CCCC2)n1. The monoisotopic (exact) mass is 365 g/mol. The normalized spacial score (nSPS) is 14.0. The van der Waals surface area contributed by atoms with Gasteiger partial charge in [0.2, 0.25) is 5.13 Å². The van der Waals surface area contributed by atoms with E-state index in [4.69, 9.17) is 4.98 Å². The summed E-state index contributed by atoms with van der Waals surface area (Å²) in [7, 11) is 0. The molecule has 0 spiro atoms. The standard InChI is InChI=1S/C20H23N5S/c1-15-9-10-17(19(22-15)25-11-5-6-12-25)14-21-20-24-23-18(26-20)13-16-7-3-2-4-8-16/h2-4,7-10H,5-6,11-14H2,1H3,(H,21,24). The van der Waals surface area contributed by atoms with E-state index in [9.17, 15) is 0 Å². The lowest BCUT2D eigenvalue weighted by Gasteiger charge is -2.20. The van der Waals surface area contributed by atoms with Crippen molar-refractivity contribution in [2.75, 3.05) is 23.3 Å². The molecule has 1 N–H and O–H groups in total. The van der Waals surface area contributed by atoms with Crippen molar-refractivity contribution in [3.8, 4) is 0 Å². The molecule has 1 aliphatic heterocycles. The van der Waals surface area contributed by atoms with Gasteiger partial charge in [0.05, 0.1) is 0 Å². The number of nitrogens with zero attached hydrogens (tertiary/aromatic N) is 4. The second kappa shape index (κ2) is 7.83. The maximum Gasteiger partial charge on any atom is 0.205 e. The Morgan fingerprint density at radius 1 is 1.04 bits per heavy atom. The highest BCUT2D eigenvalue weighted by molar-refractivity contribution is 7.15. The molecule has 3 aromatic rings. The molecule has 0 aliphatic carbocycles.